The summed E-state index contributed by atoms with van der Waals surface area (Å²) in [6.45, 7) is 1.40. The van der Waals surface area contributed by atoms with Gasteiger partial charge in [-0.2, -0.15) is 0 Å². The van der Waals surface area contributed by atoms with Crippen LogP contribution in [0.3, 0.4) is 0 Å². The molecule has 1 rings (SSSR count). The molecule has 7 heteroatoms. The Morgan fingerprint density at radius 3 is 2.35 bits per heavy atom. The molecule has 1 unspecified atom stereocenters. The van der Waals surface area contributed by atoms with Crippen molar-refractivity contribution in [2.24, 2.45) is 5.41 Å². The number of carboxylic acids is 2. The standard InChI is InChI=1S/C13H22N2O4S/c1-13(11(18)19,7-10(16)17)8-14-12(20)15-9-5-3-2-4-6-9/h9H,2-8H2,1H3,(H,16,17)(H,18,19)(H2,14,15,20). The van der Waals surface area contributed by atoms with Crippen LogP contribution in [0.25, 0.3) is 0 Å². The third-order valence-corrected chi connectivity index (χ3v) is 3.90. The summed E-state index contributed by atoms with van der Waals surface area (Å²) in [4.78, 5) is 21.9. The number of thiocarbonyl (C=S) groups is 1. The Bertz CT molecular complexity index is 383. The molecular formula is C13H22N2O4S. The van der Waals surface area contributed by atoms with Crippen molar-refractivity contribution in [2.45, 2.75) is 51.5 Å². The molecule has 6 nitrogen and oxygen atoms in total. The molecule has 0 radical (unpaired) electrons. The number of rotatable bonds is 6. The van der Waals surface area contributed by atoms with E-state index in [1.54, 1.807) is 0 Å². The van der Waals surface area contributed by atoms with E-state index in [4.69, 9.17) is 22.4 Å². The molecule has 20 heavy (non-hydrogen) atoms. The van der Waals surface area contributed by atoms with Crippen LogP contribution in [0, 0.1) is 5.41 Å². The fourth-order valence-corrected chi connectivity index (χ4v) is 2.55. The molecule has 0 amide bonds. The van der Waals surface area contributed by atoms with E-state index in [1.807, 2.05) is 0 Å². The zero-order valence-electron chi connectivity index (χ0n) is 11.6. The third-order valence-electron chi connectivity index (χ3n) is 3.64. The first-order chi connectivity index (χ1) is 9.33. The highest BCUT2D eigenvalue weighted by Crippen LogP contribution is 2.21. The lowest BCUT2D eigenvalue weighted by Gasteiger charge is -2.27. The Balaban J connectivity index is 2.43. The van der Waals surface area contributed by atoms with Gasteiger partial charge in [0.25, 0.3) is 0 Å². The number of carbonyl (C=O) groups is 2. The lowest BCUT2D eigenvalue weighted by Crippen LogP contribution is -2.48. The van der Waals surface area contributed by atoms with Gasteiger partial charge in [-0.15, -0.1) is 0 Å². The van der Waals surface area contributed by atoms with Crippen LogP contribution in [0.15, 0.2) is 0 Å². The Labute approximate surface area is 123 Å². The van der Waals surface area contributed by atoms with Gasteiger partial charge in [0.15, 0.2) is 5.11 Å². The second-order valence-electron chi connectivity index (χ2n) is 5.60. The minimum Gasteiger partial charge on any atom is -0.481 e. The normalized spacial score (nSPS) is 18.9. The Morgan fingerprint density at radius 1 is 1.25 bits per heavy atom. The Morgan fingerprint density at radius 2 is 1.85 bits per heavy atom. The Kier molecular flexibility index (Phi) is 6.19. The van der Waals surface area contributed by atoms with Gasteiger partial charge in [0.2, 0.25) is 0 Å². The van der Waals surface area contributed by atoms with Crippen molar-refractivity contribution in [3.05, 3.63) is 0 Å². The van der Waals surface area contributed by atoms with Gasteiger partial charge in [-0.1, -0.05) is 19.3 Å². The van der Waals surface area contributed by atoms with Gasteiger partial charge in [0.1, 0.15) is 0 Å². The average Bonchev–Trinajstić information content (AvgIpc) is 2.36. The first-order valence-electron chi connectivity index (χ1n) is 6.83. The van der Waals surface area contributed by atoms with E-state index in [1.165, 1.54) is 26.2 Å². The van der Waals surface area contributed by atoms with Gasteiger partial charge in [-0.25, -0.2) is 0 Å². The summed E-state index contributed by atoms with van der Waals surface area (Å²) in [5.41, 5.74) is -1.37. The summed E-state index contributed by atoms with van der Waals surface area (Å²) in [6, 6.07) is 0.333. The molecule has 1 aliphatic carbocycles. The molecule has 0 aliphatic heterocycles. The maximum absolute atomic E-state index is 11.2. The van der Waals surface area contributed by atoms with Crippen molar-refractivity contribution >= 4 is 29.3 Å². The monoisotopic (exact) mass is 302 g/mol. The van der Waals surface area contributed by atoms with Gasteiger partial charge >= 0.3 is 11.9 Å². The molecule has 0 aromatic carbocycles. The van der Waals surface area contributed by atoms with E-state index in [-0.39, 0.29) is 6.54 Å². The van der Waals surface area contributed by atoms with E-state index in [0.717, 1.165) is 12.8 Å². The highest BCUT2D eigenvalue weighted by molar-refractivity contribution is 7.80. The lowest BCUT2D eigenvalue weighted by molar-refractivity contribution is -0.154. The van der Waals surface area contributed by atoms with Gasteiger partial charge in [-0.05, 0) is 32.0 Å². The first-order valence-corrected chi connectivity index (χ1v) is 7.24. The summed E-state index contributed by atoms with van der Waals surface area (Å²) >= 11 is 5.14. The van der Waals surface area contributed by atoms with Crippen LogP contribution < -0.4 is 10.6 Å². The zero-order chi connectivity index (χ0) is 15.2. The largest absolute Gasteiger partial charge is 0.481 e. The predicted molar refractivity (Wildman–Crippen MR) is 78.6 cm³/mol. The fraction of sp³-hybridized carbons (Fsp3) is 0.769. The fourth-order valence-electron chi connectivity index (χ4n) is 2.31. The van der Waals surface area contributed by atoms with E-state index < -0.39 is 23.8 Å². The molecule has 0 saturated heterocycles. The number of carboxylic acid groups (broad SMARTS) is 2. The highest BCUT2D eigenvalue weighted by atomic mass is 32.1. The average molecular weight is 302 g/mol. The second-order valence-corrected chi connectivity index (χ2v) is 6.01. The van der Waals surface area contributed by atoms with Crippen LogP contribution in [0.5, 0.6) is 0 Å². The van der Waals surface area contributed by atoms with Crippen molar-refractivity contribution in [1.29, 1.82) is 0 Å². The number of nitrogens with one attached hydrogen (secondary N) is 2. The van der Waals surface area contributed by atoms with Crippen LogP contribution in [0.4, 0.5) is 0 Å². The van der Waals surface area contributed by atoms with Crippen molar-refractivity contribution < 1.29 is 19.8 Å². The topological polar surface area (TPSA) is 98.7 Å². The first kappa shape index (κ1) is 16.7. The van der Waals surface area contributed by atoms with Gasteiger partial charge < -0.3 is 20.8 Å². The van der Waals surface area contributed by atoms with Gasteiger partial charge in [0.05, 0.1) is 11.8 Å². The van der Waals surface area contributed by atoms with E-state index >= 15 is 0 Å². The van der Waals surface area contributed by atoms with E-state index in [0.29, 0.717) is 11.2 Å². The van der Waals surface area contributed by atoms with Crippen LogP contribution >= 0.6 is 12.2 Å². The maximum Gasteiger partial charge on any atom is 0.311 e. The highest BCUT2D eigenvalue weighted by Gasteiger charge is 2.36. The van der Waals surface area contributed by atoms with Crippen LogP contribution in [-0.2, 0) is 9.59 Å². The molecule has 0 heterocycles. The molecule has 1 aliphatic rings. The molecule has 0 bridgehead atoms. The van der Waals surface area contributed by atoms with Gasteiger partial charge in [0, 0.05) is 12.6 Å². The molecule has 1 fully saturated rings. The molecular weight excluding hydrogens is 280 g/mol. The summed E-state index contributed by atoms with van der Waals surface area (Å²) in [6.07, 6.45) is 5.27. The van der Waals surface area contributed by atoms with Crippen molar-refractivity contribution in [1.82, 2.24) is 10.6 Å². The smallest absolute Gasteiger partial charge is 0.311 e. The summed E-state index contributed by atoms with van der Waals surface area (Å²) in [5.74, 6) is -2.28. The quantitative estimate of drug-likeness (QED) is 0.550. The minimum atomic E-state index is -1.37. The molecule has 114 valence electrons. The third kappa shape index (κ3) is 5.32. The van der Waals surface area contributed by atoms with Crippen LogP contribution in [0.2, 0.25) is 0 Å². The van der Waals surface area contributed by atoms with E-state index in [2.05, 4.69) is 10.6 Å². The van der Waals surface area contributed by atoms with Gasteiger partial charge in [-0.3, -0.25) is 9.59 Å². The molecule has 4 N–H and O–H groups in total. The summed E-state index contributed by atoms with van der Waals surface area (Å²) in [5, 5.41) is 24.3. The number of hydrogen-bond donors (Lipinski definition) is 4. The van der Waals surface area contributed by atoms with Crippen molar-refractivity contribution in [2.75, 3.05) is 6.54 Å². The van der Waals surface area contributed by atoms with Crippen molar-refractivity contribution in [3.8, 4) is 0 Å². The molecule has 1 atom stereocenters. The zero-order valence-corrected chi connectivity index (χ0v) is 12.5. The number of aliphatic carboxylic acids is 2. The SMILES string of the molecule is CC(CNC(=S)NC1CCCCC1)(CC(=O)O)C(=O)O. The van der Waals surface area contributed by atoms with Crippen LogP contribution in [0.1, 0.15) is 45.4 Å². The van der Waals surface area contributed by atoms with Crippen LogP contribution in [-0.4, -0.2) is 39.9 Å². The number of hydrogen-bond acceptors (Lipinski definition) is 3. The Hall–Kier alpha value is -1.37. The minimum absolute atomic E-state index is 0.00676. The maximum atomic E-state index is 11.2. The van der Waals surface area contributed by atoms with Crippen molar-refractivity contribution in [3.63, 3.8) is 0 Å². The molecule has 0 aromatic heterocycles. The lowest BCUT2D eigenvalue weighted by atomic mass is 9.87. The predicted octanol–water partition coefficient (Wildman–Crippen LogP) is 1.35. The summed E-state index contributed by atoms with van der Waals surface area (Å²) < 4.78 is 0. The summed E-state index contributed by atoms with van der Waals surface area (Å²) in [7, 11) is 0. The molecule has 1 saturated carbocycles. The second kappa shape index (κ2) is 7.42. The van der Waals surface area contributed by atoms with E-state index in [9.17, 15) is 9.59 Å². The molecule has 0 aromatic rings. The molecule has 0 spiro atoms.